The van der Waals surface area contributed by atoms with Gasteiger partial charge in [-0.2, -0.15) is 5.10 Å². The topological polar surface area (TPSA) is 151 Å². The van der Waals surface area contributed by atoms with Crippen molar-refractivity contribution in [3.05, 3.63) is 78.4 Å². The highest BCUT2D eigenvalue weighted by Gasteiger charge is 2.20. The molecule has 5 rings (SSSR count). The maximum Gasteiger partial charge on any atom is 0.226 e. The van der Waals surface area contributed by atoms with Crippen LogP contribution in [0, 0.1) is 18.3 Å². The van der Waals surface area contributed by atoms with E-state index in [2.05, 4.69) is 41.4 Å². The fourth-order valence-electron chi connectivity index (χ4n) is 3.81. The average molecular weight is 490 g/mol. The molecular weight excluding hydrogens is 466 g/mol. The van der Waals surface area contributed by atoms with Gasteiger partial charge in [0.25, 0.3) is 0 Å². The van der Waals surface area contributed by atoms with Crippen molar-refractivity contribution in [2.75, 3.05) is 5.32 Å². The van der Waals surface area contributed by atoms with Crippen molar-refractivity contribution >= 4 is 28.2 Å². The Bertz CT molecular complexity index is 1670. The Morgan fingerprint density at radius 2 is 2.00 bits per heavy atom. The largest absolute Gasteiger partial charge is 0.404 e. The van der Waals surface area contributed by atoms with Crippen LogP contribution in [0.2, 0.25) is 0 Å². The van der Waals surface area contributed by atoms with E-state index in [-0.39, 0.29) is 11.8 Å². The van der Waals surface area contributed by atoms with E-state index < -0.39 is 0 Å². The number of carbonyl (C=O) groups excluding carboxylic acids is 1. The molecule has 1 amide bonds. The number of nitrogens with one attached hydrogen (secondary N) is 3. The number of pyridine rings is 3. The molecular formula is C27H23N9O. The Kier molecular flexibility index (Phi) is 6.18. The molecule has 0 radical (unpaired) electrons. The molecule has 5 aromatic rings. The van der Waals surface area contributed by atoms with E-state index in [1.165, 1.54) is 6.20 Å². The van der Waals surface area contributed by atoms with E-state index in [0.29, 0.717) is 39.8 Å². The number of hydrogen-bond donors (Lipinski definition) is 4. The first kappa shape index (κ1) is 23.4. The SMILES string of the molecule is C#Cc1[nH]c(-c2n[nH]c3ncc(-c4cncc(NC(=O)C(C)C)c4)cc23)nc1/C(=C\N)c1cccnc1. The number of carbonyl (C=O) groups is 1. The van der Waals surface area contributed by atoms with Gasteiger partial charge in [-0.05, 0) is 18.2 Å². The Hall–Kier alpha value is -5.30. The van der Waals surface area contributed by atoms with Gasteiger partial charge in [-0.15, -0.1) is 6.42 Å². The van der Waals surface area contributed by atoms with Gasteiger partial charge in [-0.3, -0.25) is 19.9 Å². The third-order valence-electron chi connectivity index (χ3n) is 5.75. The van der Waals surface area contributed by atoms with Crippen LogP contribution >= 0.6 is 0 Å². The second-order valence-corrected chi connectivity index (χ2v) is 8.57. The summed E-state index contributed by atoms with van der Waals surface area (Å²) in [6.07, 6.45) is 15.6. The predicted molar refractivity (Wildman–Crippen MR) is 142 cm³/mol. The van der Waals surface area contributed by atoms with Gasteiger partial charge >= 0.3 is 0 Å². The van der Waals surface area contributed by atoms with Crippen LogP contribution in [-0.4, -0.2) is 41.0 Å². The van der Waals surface area contributed by atoms with Gasteiger partial charge in [0.2, 0.25) is 5.91 Å². The van der Waals surface area contributed by atoms with Crippen molar-refractivity contribution in [3.8, 4) is 35.0 Å². The summed E-state index contributed by atoms with van der Waals surface area (Å²) in [6, 6.07) is 7.48. The van der Waals surface area contributed by atoms with Crippen molar-refractivity contribution in [2.45, 2.75) is 13.8 Å². The van der Waals surface area contributed by atoms with E-state index in [0.717, 1.165) is 22.1 Å². The Morgan fingerprint density at radius 3 is 2.73 bits per heavy atom. The number of anilines is 1. The monoisotopic (exact) mass is 489 g/mol. The van der Waals surface area contributed by atoms with Crippen LogP contribution in [0.3, 0.4) is 0 Å². The Balaban J connectivity index is 1.55. The zero-order chi connectivity index (χ0) is 25.9. The second kappa shape index (κ2) is 9.75. The molecule has 0 spiro atoms. The minimum Gasteiger partial charge on any atom is -0.404 e. The second-order valence-electron chi connectivity index (χ2n) is 8.57. The molecule has 0 atom stereocenters. The van der Waals surface area contributed by atoms with E-state index in [9.17, 15) is 4.79 Å². The number of amides is 1. The average Bonchev–Trinajstić information content (AvgIpc) is 3.53. The van der Waals surface area contributed by atoms with E-state index in [1.807, 2.05) is 38.1 Å². The van der Waals surface area contributed by atoms with Crippen LogP contribution in [0.25, 0.3) is 39.3 Å². The zero-order valence-corrected chi connectivity index (χ0v) is 20.1. The molecule has 5 heterocycles. The van der Waals surface area contributed by atoms with Crippen molar-refractivity contribution in [1.82, 2.24) is 35.1 Å². The number of fused-ring (bicyclic) bond motifs is 1. The van der Waals surface area contributed by atoms with Crippen molar-refractivity contribution in [1.29, 1.82) is 0 Å². The number of rotatable bonds is 6. The first-order chi connectivity index (χ1) is 18.0. The highest BCUT2D eigenvalue weighted by atomic mass is 16.1. The van der Waals surface area contributed by atoms with Gasteiger partial charge < -0.3 is 16.0 Å². The van der Waals surface area contributed by atoms with Gasteiger partial charge in [-0.1, -0.05) is 25.8 Å². The van der Waals surface area contributed by atoms with Crippen molar-refractivity contribution in [3.63, 3.8) is 0 Å². The standard InChI is InChI=1S/C27H23N9O/c1-4-22-23(21(10-28)16-6-5-7-29-11-16)34-26(33-22)24-20-9-18(13-31-25(20)36-35-24)17-8-19(14-30-12-17)32-27(37)15(2)3/h1,5-15H,28H2,2-3H3,(H,32,37)(H,33,34)(H,31,35,36)/b21-10-. The Morgan fingerprint density at radius 1 is 1.16 bits per heavy atom. The fourth-order valence-corrected chi connectivity index (χ4v) is 3.81. The van der Waals surface area contributed by atoms with Crippen LogP contribution in [0.15, 0.2) is 61.4 Å². The summed E-state index contributed by atoms with van der Waals surface area (Å²) >= 11 is 0. The Labute approximate surface area is 212 Å². The zero-order valence-electron chi connectivity index (χ0n) is 20.1. The molecule has 10 heteroatoms. The molecule has 10 nitrogen and oxygen atoms in total. The summed E-state index contributed by atoms with van der Waals surface area (Å²) < 4.78 is 0. The highest BCUT2D eigenvalue weighted by Crippen LogP contribution is 2.31. The number of nitrogens with two attached hydrogens (primary N) is 1. The summed E-state index contributed by atoms with van der Waals surface area (Å²) in [5, 5.41) is 11.0. The van der Waals surface area contributed by atoms with E-state index in [1.54, 1.807) is 31.0 Å². The minimum atomic E-state index is -0.144. The first-order valence-corrected chi connectivity index (χ1v) is 11.5. The molecule has 0 fully saturated rings. The van der Waals surface area contributed by atoms with Crippen molar-refractivity contribution < 1.29 is 4.79 Å². The molecule has 0 saturated heterocycles. The molecule has 0 unspecified atom stereocenters. The summed E-state index contributed by atoms with van der Waals surface area (Å²) in [7, 11) is 0. The summed E-state index contributed by atoms with van der Waals surface area (Å²) in [4.78, 5) is 33.0. The lowest BCUT2D eigenvalue weighted by Crippen LogP contribution is -2.17. The molecule has 0 bridgehead atoms. The summed E-state index contributed by atoms with van der Waals surface area (Å²) in [5.41, 5.74) is 11.7. The molecule has 0 aromatic carbocycles. The van der Waals surface area contributed by atoms with E-state index in [4.69, 9.17) is 17.1 Å². The number of aromatic amines is 2. The molecule has 0 aliphatic carbocycles. The number of H-pyrrole nitrogens is 2. The van der Waals surface area contributed by atoms with Gasteiger partial charge in [0.1, 0.15) is 17.1 Å². The third kappa shape index (κ3) is 4.53. The van der Waals surface area contributed by atoms with Gasteiger partial charge in [0.15, 0.2) is 11.5 Å². The van der Waals surface area contributed by atoms with Crippen molar-refractivity contribution in [2.24, 2.45) is 11.7 Å². The molecule has 37 heavy (non-hydrogen) atoms. The number of hydrogen-bond acceptors (Lipinski definition) is 7. The molecule has 0 aliphatic heterocycles. The summed E-state index contributed by atoms with van der Waals surface area (Å²) in [6.45, 7) is 3.67. The maximum absolute atomic E-state index is 12.1. The quantitative estimate of drug-likeness (QED) is 0.265. The minimum absolute atomic E-state index is 0.0835. The van der Waals surface area contributed by atoms with Crippen LogP contribution in [0.5, 0.6) is 0 Å². The van der Waals surface area contributed by atoms with Crippen LogP contribution < -0.4 is 11.1 Å². The maximum atomic E-state index is 12.1. The van der Waals surface area contributed by atoms with Crippen LogP contribution in [-0.2, 0) is 4.79 Å². The van der Waals surface area contributed by atoms with Gasteiger partial charge in [0.05, 0.1) is 17.3 Å². The number of aromatic nitrogens is 7. The molecule has 182 valence electrons. The predicted octanol–water partition coefficient (Wildman–Crippen LogP) is 3.73. The molecule has 5 N–H and O–H groups in total. The fraction of sp³-hybridized carbons (Fsp3) is 0.111. The number of imidazole rings is 1. The number of terminal acetylenes is 1. The third-order valence-corrected chi connectivity index (χ3v) is 5.75. The summed E-state index contributed by atoms with van der Waals surface area (Å²) in [5.74, 6) is 2.88. The lowest BCUT2D eigenvalue weighted by Gasteiger charge is -2.09. The van der Waals surface area contributed by atoms with Crippen LogP contribution in [0.4, 0.5) is 5.69 Å². The molecule has 0 saturated carbocycles. The van der Waals surface area contributed by atoms with Crippen LogP contribution in [0.1, 0.15) is 30.8 Å². The smallest absolute Gasteiger partial charge is 0.226 e. The van der Waals surface area contributed by atoms with E-state index >= 15 is 0 Å². The highest BCUT2D eigenvalue weighted by molar-refractivity contribution is 5.94. The molecule has 0 aliphatic rings. The van der Waals surface area contributed by atoms with Gasteiger partial charge in [-0.25, -0.2) is 9.97 Å². The first-order valence-electron chi connectivity index (χ1n) is 11.5. The molecule has 5 aromatic heterocycles. The lowest BCUT2D eigenvalue weighted by molar-refractivity contribution is -0.118. The lowest BCUT2D eigenvalue weighted by atomic mass is 10.0. The normalized spacial score (nSPS) is 11.6. The van der Waals surface area contributed by atoms with Gasteiger partial charge in [0, 0.05) is 59.2 Å². The number of nitrogens with zero attached hydrogens (tertiary/aromatic N) is 5.